The highest BCUT2D eigenvalue weighted by molar-refractivity contribution is 7.99. The summed E-state index contributed by atoms with van der Waals surface area (Å²) in [5.74, 6) is 0.652. The zero-order valence-corrected chi connectivity index (χ0v) is 12.4. The predicted octanol–water partition coefficient (Wildman–Crippen LogP) is 3.80. The molecule has 1 atom stereocenters. The average Bonchev–Trinajstić information content (AvgIpc) is 2.72. The number of aliphatic hydroxyl groups is 1. The summed E-state index contributed by atoms with van der Waals surface area (Å²) in [5.41, 5.74) is 1.02. The van der Waals surface area contributed by atoms with Crippen LogP contribution in [0.15, 0.2) is 34.5 Å². The van der Waals surface area contributed by atoms with Crippen LogP contribution in [-0.2, 0) is 6.42 Å². The number of hydrogen-bond donors (Lipinski definition) is 1. The Morgan fingerprint density at radius 1 is 1.50 bits per heavy atom. The Kier molecular flexibility index (Phi) is 5.06. The molecule has 0 aliphatic heterocycles. The summed E-state index contributed by atoms with van der Waals surface area (Å²) >= 11 is 9.12. The first kappa shape index (κ1) is 13.9. The minimum Gasteiger partial charge on any atom is -0.392 e. The van der Waals surface area contributed by atoms with Crippen molar-refractivity contribution >= 4 is 34.7 Å². The third-order valence-electron chi connectivity index (χ3n) is 2.32. The van der Waals surface area contributed by atoms with Gasteiger partial charge in [-0.25, -0.2) is 4.98 Å². The van der Waals surface area contributed by atoms with Gasteiger partial charge in [0.1, 0.15) is 0 Å². The third kappa shape index (κ3) is 4.28. The summed E-state index contributed by atoms with van der Waals surface area (Å²) in [6, 6.07) is 7.67. The van der Waals surface area contributed by atoms with Crippen LogP contribution in [-0.4, -0.2) is 21.9 Å². The molecule has 2 rings (SSSR count). The fourth-order valence-corrected chi connectivity index (χ4v) is 3.49. The van der Waals surface area contributed by atoms with E-state index >= 15 is 0 Å². The van der Waals surface area contributed by atoms with Gasteiger partial charge in [0.05, 0.1) is 11.1 Å². The second-order valence-electron chi connectivity index (χ2n) is 4.01. The van der Waals surface area contributed by atoms with Crippen molar-refractivity contribution in [3.8, 4) is 0 Å². The lowest BCUT2D eigenvalue weighted by atomic mass is 10.3. The van der Waals surface area contributed by atoms with E-state index < -0.39 is 0 Å². The molecule has 0 radical (unpaired) electrons. The fourth-order valence-electron chi connectivity index (χ4n) is 1.51. The van der Waals surface area contributed by atoms with Crippen LogP contribution in [0.3, 0.4) is 0 Å². The number of aryl methyl sites for hydroxylation is 1. The molecule has 1 unspecified atom stereocenters. The van der Waals surface area contributed by atoms with E-state index in [9.17, 15) is 5.11 Å². The maximum atomic E-state index is 9.96. The Morgan fingerprint density at radius 2 is 2.33 bits per heavy atom. The van der Waals surface area contributed by atoms with E-state index in [1.165, 1.54) is 0 Å². The van der Waals surface area contributed by atoms with Crippen molar-refractivity contribution in [3.63, 3.8) is 0 Å². The lowest BCUT2D eigenvalue weighted by molar-refractivity contribution is 0.200. The van der Waals surface area contributed by atoms with Crippen LogP contribution in [0.4, 0.5) is 0 Å². The first-order valence-corrected chi connectivity index (χ1v) is 7.85. The first-order valence-electron chi connectivity index (χ1n) is 5.61. The molecule has 1 N–H and O–H groups in total. The van der Waals surface area contributed by atoms with Crippen molar-refractivity contribution in [2.45, 2.75) is 24.3 Å². The predicted molar refractivity (Wildman–Crippen MR) is 78.7 cm³/mol. The van der Waals surface area contributed by atoms with Gasteiger partial charge in [-0.05, 0) is 25.1 Å². The maximum absolute atomic E-state index is 9.96. The van der Waals surface area contributed by atoms with Crippen molar-refractivity contribution in [1.29, 1.82) is 0 Å². The molecule has 0 aliphatic carbocycles. The molecular weight excluding hydrogens is 286 g/mol. The van der Waals surface area contributed by atoms with Crippen LogP contribution < -0.4 is 0 Å². The maximum Gasteiger partial charge on any atom is 0.0954 e. The molecule has 2 aromatic rings. The summed E-state index contributed by atoms with van der Waals surface area (Å²) in [6.45, 7) is 1.97. The monoisotopic (exact) mass is 299 g/mol. The van der Waals surface area contributed by atoms with Crippen LogP contribution in [0, 0.1) is 6.92 Å². The van der Waals surface area contributed by atoms with Gasteiger partial charge in [0.25, 0.3) is 0 Å². The highest BCUT2D eigenvalue weighted by Crippen LogP contribution is 2.23. The minimum atomic E-state index is -0.375. The quantitative estimate of drug-likeness (QED) is 0.853. The van der Waals surface area contributed by atoms with E-state index in [1.807, 2.05) is 36.6 Å². The number of halogens is 1. The van der Waals surface area contributed by atoms with E-state index in [2.05, 4.69) is 4.98 Å². The van der Waals surface area contributed by atoms with Crippen LogP contribution in [0.25, 0.3) is 0 Å². The third-order valence-corrected chi connectivity index (χ3v) is 4.68. The van der Waals surface area contributed by atoms with Gasteiger partial charge in [-0.1, -0.05) is 17.7 Å². The smallest absolute Gasteiger partial charge is 0.0954 e. The molecule has 5 heteroatoms. The minimum absolute atomic E-state index is 0.375. The number of nitrogens with zero attached hydrogens (tertiary/aromatic N) is 1. The van der Waals surface area contributed by atoms with Gasteiger partial charge in [-0.2, -0.15) is 0 Å². The highest BCUT2D eigenvalue weighted by atomic mass is 35.5. The summed E-state index contributed by atoms with van der Waals surface area (Å²) in [6.07, 6.45) is 0.242. The van der Waals surface area contributed by atoms with Gasteiger partial charge in [0, 0.05) is 33.2 Å². The molecule has 0 fully saturated rings. The van der Waals surface area contributed by atoms with Gasteiger partial charge in [0.2, 0.25) is 0 Å². The zero-order valence-electron chi connectivity index (χ0n) is 9.97. The van der Waals surface area contributed by atoms with Crippen LogP contribution in [0.2, 0.25) is 5.02 Å². The Hall–Kier alpha value is -0.550. The summed E-state index contributed by atoms with van der Waals surface area (Å²) in [7, 11) is 0. The Morgan fingerprint density at radius 3 is 3.00 bits per heavy atom. The number of aliphatic hydroxyl groups excluding tert-OH is 1. The molecule has 0 aliphatic rings. The van der Waals surface area contributed by atoms with Crippen molar-refractivity contribution in [2.75, 3.05) is 5.75 Å². The zero-order chi connectivity index (χ0) is 13.0. The van der Waals surface area contributed by atoms with E-state index in [0.29, 0.717) is 12.2 Å². The van der Waals surface area contributed by atoms with Gasteiger partial charge in [0.15, 0.2) is 0 Å². The normalized spacial score (nSPS) is 12.6. The Bertz CT molecular complexity index is 515. The Labute approximate surface area is 120 Å². The van der Waals surface area contributed by atoms with Crippen molar-refractivity contribution in [1.82, 2.24) is 4.98 Å². The van der Waals surface area contributed by atoms with Crippen molar-refractivity contribution < 1.29 is 5.11 Å². The van der Waals surface area contributed by atoms with Gasteiger partial charge in [-0.3, -0.25) is 0 Å². The summed E-state index contributed by atoms with van der Waals surface area (Å²) in [5, 5.41) is 13.7. The summed E-state index contributed by atoms with van der Waals surface area (Å²) < 4.78 is 0. The molecule has 0 amide bonds. The summed E-state index contributed by atoms with van der Waals surface area (Å²) in [4.78, 5) is 5.43. The molecule has 18 heavy (non-hydrogen) atoms. The second kappa shape index (κ2) is 6.57. The average molecular weight is 300 g/mol. The molecule has 1 aromatic heterocycles. The molecule has 0 saturated carbocycles. The van der Waals surface area contributed by atoms with Crippen LogP contribution in [0.1, 0.15) is 10.7 Å². The number of aromatic nitrogens is 1. The van der Waals surface area contributed by atoms with E-state index in [0.717, 1.165) is 20.6 Å². The SMILES string of the molecule is Cc1csc(CC(O)CSc2cccc(Cl)c2)n1. The largest absolute Gasteiger partial charge is 0.392 e. The van der Waals surface area contributed by atoms with Crippen molar-refractivity contribution in [2.24, 2.45) is 0 Å². The highest BCUT2D eigenvalue weighted by Gasteiger charge is 2.09. The topological polar surface area (TPSA) is 33.1 Å². The van der Waals surface area contributed by atoms with Crippen LogP contribution >= 0.6 is 34.7 Å². The van der Waals surface area contributed by atoms with Gasteiger partial charge in [-0.15, -0.1) is 23.1 Å². The lowest BCUT2D eigenvalue weighted by Gasteiger charge is -2.08. The lowest BCUT2D eigenvalue weighted by Crippen LogP contribution is -2.13. The Balaban J connectivity index is 1.83. The molecule has 96 valence electrons. The number of benzene rings is 1. The molecule has 0 spiro atoms. The first-order chi connectivity index (χ1) is 8.63. The number of hydrogen-bond acceptors (Lipinski definition) is 4. The number of thiazole rings is 1. The van der Waals surface area contributed by atoms with Gasteiger partial charge < -0.3 is 5.11 Å². The van der Waals surface area contributed by atoms with E-state index in [-0.39, 0.29) is 6.10 Å². The molecule has 1 heterocycles. The fraction of sp³-hybridized carbons (Fsp3) is 0.308. The van der Waals surface area contributed by atoms with Gasteiger partial charge >= 0.3 is 0 Å². The molecule has 1 aromatic carbocycles. The molecule has 2 nitrogen and oxygen atoms in total. The molecule has 0 saturated heterocycles. The van der Waals surface area contributed by atoms with Crippen molar-refractivity contribution in [3.05, 3.63) is 45.4 Å². The van der Waals surface area contributed by atoms with E-state index in [1.54, 1.807) is 23.1 Å². The molecule has 0 bridgehead atoms. The number of rotatable bonds is 5. The second-order valence-corrected chi connectivity index (χ2v) is 6.48. The van der Waals surface area contributed by atoms with E-state index in [4.69, 9.17) is 11.6 Å². The van der Waals surface area contributed by atoms with Crippen LogP contribution in [0.5, 0.6) is 0 Å². The molecular formula is C13H14ClNOS2. The standard InChI is InChI=1S/C13H14ClNOS2/c1-9-7-18-13(15-9)6-11(16)8-17-12-4-2-3-10(14)5-12/h2-5,7,11,16H,6,8H2,1H3. The number of thioether (sulfide) groups is 1.